The number of hydrogen-bond acceptors (Lipinski definition) is 4. The van der Waals surface area contributed by atoms with E-state index in [4.69, 9.17) is 4.74 Å². The fraction of sp³-hybridized carbons (Fsp3) is 0.381. The van der Waals surface area contributed by atoms with Crippen LogP contribution in [0.25, 0.3) is 0 Å². The number of carbonyl (C=O) groups is 1. The van der Waals surface area contributed by atoms with E-state index in [-0.39, 0.29) is 23.5 Å². The van der Waals surface area contributed by atoms with Crippen molar-refractivity contribution in [1.29, 1.82) is 0 Å². The van der Waals surface area contributed by atoms with Gasteiger partial charge in [0.15, 0.2) is 0 Å². The molecular weight excluding hydrogens is 376 g/mol. The molecular formula is C21H24N2O4S. The van der Waals surface area contributed by atoms with E-state index in [1.165, 1.54) is 23.3 Å². The molecule has 0 saturated carbocycles. The van der Waals surface area contributed by atoms with Crippen LogP contribution < -0.4 is 10.0 Å². The Balaban J connectivity index is 1.45. The monoisotopic (exact) mass is 400 g/mol. The van der Waals surface area contributed by atoms with Crippen LogP contribution in [-0.4, -0.2) is 33.6 Å². The molecule has 0 unspecified atom stereocenters. The van der Waals surface area contributed by atoms with Gasteiger partial charge in [-0.15, -0.1) is 0 Å². The molecule has 28 heavy (non-hydrogen) atoms. The lowest BCUT2D eigenvalue weighted by molar-refractivity contribution is 0.102. The van der Waals surface area contributed by atoms with Gasteiger partial charge in [0.2, 0.25) is 10.0 Å². The highest BCUT2D eigenvalue weighted by atomic mass is 32.2. The molecule has 1 amide bonds. The maximum absolute atomic E-state index is 12.6. The molecule has 148 valence electrons. The number of nitrogens with one attached hydrogen (secondary N) is 2. The topological polar surface area (TPSA) is 84.5 Å². The minimum Gasteiger partial charge on any atom is -0.377 e. The van der Waals surface area contributed by atoms with Crippen LogP contribution in [0.2, 0.25) is 0 Å². The zero-order chi connectivity index (χ0) is 19.6. The Labute approximate surface area is 165 Å². The Morgan fingerprint density at radius 1 is 1.07 bits per heavy atom. The van der Waals surface area contributed by atoms with Gasteiger partial charge in [0.05, 0.1) is 11.0 Å². The van der Waals surface area contributed by atoms with Gasteiger partial charge in [0, 0.05) is 24.4 Å². The Morgan fingerprint density at radius 3 is 2.75 bits per heavy atom. The second kappa shape index (κ2) is 8.03. The van der Waals surface area contributed by atoms with Gasteiger partial charge in [-0.25, -0.2) is 13.1 Å². The molecule has 1 atom stereocenters. The van der Waals surface area contributed by atoms with Gasteiger partial charge in [-0.3, -0.25) is 4.79 Å². The maximum atomic E-state index is 12.6. The molecule has 1 saturated heterocycles. The maximum Gasteiger partial charge on any atom is 0.255 e. The molecule has 1 heterocycles. The Kier molecular flexibility index (Phi) is 5.48. The summed E-state index contributed by atoms with van der Waals surface area (Å²) in [6, 6.07) is 12.0. The van der Waals surface area contributed by atoms with Gasteiger partial charge in [0.1, 0.15) is 0 Å². The number of amides is 1. The van der Waals surface area contributed by atoms with Crippen LogP contribution in [-0.2, 0) is 27.6 Å². The van der Waals surface area contributed by atoms with E-state index in [1.807, 2.05) is 18.2 Å². The van der Waals surface area contributed by atoms with Gasteiger partial charge in [-0.2, -0.15) is 0 Å². The van der Waals surface area contributed by atoms with Gasteiger partial charge in [-0.05, 0) is 73.6 Å². The van der Waals surface area contributed by atoms with E-state index in [9.17, 15) is 13.2 Å². The van der Waals surface area contributed by atoms with Gasteiger partial charge >= 0.3 is 0 Å². The SMILES string of the molecule is O=C(Nc1ccc2c(c1)CCC2)c1cccc(S(=O)(=O)NC[C@H]2CCCO2)c1. The van der Waals surface area contributed by atoms with Crippen molar-refractivity contribution in [2.24, 2.45) is 0 Å². The van der Waals surface area contributed by atoms with Crippen molar-refractivity contribution in [3.8, 4) is 0 Å². The third-order valence-corrected chi connectivity index (χ3v) is 6.71. The van der Waals surface area contributed by atoms with Crippen molar-refractivity contribution in [2.75, 3.05) is 18.5 Å². The number of sulfonamides is 1. The predicted molar refractivity (Wildman–Crippen MR) is 107 cm³/mol. The van der Waals surface area contributed by atoms with Crippen LogP contribution in [0.3, 0.4) is 0 Å². The molecule has 1 aliphatic heterocycles. The highest BCUT2D eigenvalue weighted by Crippen LogP contribution is 2.25. The molecule has 0 radical (unpaired) electrons. The second-order valence-electron chi connectivity index (χ2n) is 7.31. The van der Waals surface area contributed by atoms with Crippen LogP contribution in [0.15, 0.2) is 47.4 Å². The van der Waals surface area contributed by atoms with E-state index in [0.717, 1.165) is 37.8 Å². The van der Waals surface area contributed by atoms with Crippen LogP contribution in [0, 0.1) is 0 Å². The van der Waals surface area contributed by atoms with Gasteiger partial charge < -0.3 is 10.1 Å². The number of aryl methyl sites for hydroxylation is 2. The molecule has 7 heteroatoms. The van der Waals surface area contributed by atoms with E-state index in [2.05, 4.69) is 10.0 Å². The van der Waals surface area contributed by atoms with Gasteiger partial charge in [-0.1, -0.05) is 12.1 Å². The number of ether oxygens (including phenoxy) is 1. The fourth-order valence-electron chi connectivity index (χ4n) is 3.75. The predicted octanol–water partition coefficient (Wildman–Crippen LogP) is 2.88. The molecule has 0 spiro atoms. The zero-order valence-electron chi connectivity index (χ0n) is 15.6. The van der Waals surface area contributed by atoms with Crippen LogP contribution >= 0.6 is 0 Å². The lowest BCUT2D eigenvalue weighted by Gasteiger charge is -2.12. The summed E-state index contributed by atoms with van der Waals surface area (Å²) in [5.41, 5.74) is 3.65. The minimum atomic E-state index is -3.69. The lowest BCUT2D eigenvalue weighted by atomic mass is 10.1. The van der Waals surface area contributed by atoms with Crippen molar-refractivity contribution >= 4 is 21.6 Å². The summed E-state index contributed by atoms with van der Waals surface area (Å²) in [6.45, 7) is 0.915. The van der Waals surface area contributed by atoms with E-state index >= 15 is 0 Å². The Hall–Kier alpha value is -2.22. The van der Waals surface area contributed by atoms with Crippen molar-refractivity contribution in [2.45, 2.75) is 43.1 Å². The summed E-state index contributed by atoms with van der Waals surface area (Å²) >= 11 is 0. The van der Waals surface area contributed by atoms with Gasteiger partial charge in [0.25, 0.3) is 5.91 Å². The first-order chi connectivity index (χ1) is 13.5. The molecule has 1 fully saturated rings. The summed E-state index contributed by atoms with van der Waals surface area (Å²) < 4.78 is 33.1. The molecule has 2 aliphatic rings. The van der Waals surface area contributed by atoms with Crippen molar-refractivity contribution in [1.82, 2.24) is 4.72 Å². The summed E-state index contributed by atoms with van der Waals surface area (Å²) in [7, 11) is -3.69. The number of benzene rings is 2. The first-order valence-electron chi connectivity index (χ1n) is 9.66. The normalized spacial score (nSPS) is 18.8. The van der Waals surface area contributed by atoms with E-state index in [0.29, 0.717) is 12.2 Å². The molecule has 2 N–H and O–H groups in total. The Morgan fingerprint density at radius 2 is 1.93 bits per heavy atom. The molecule has 0 aromatic heterocycles. The molecule has 1 aliphatic carbocycles. The minimum absolute atomic E-state index is 0.0760. The van der Waals surface area contributed by atoms with Crippen molar-refractivity contribution in [3.05, 3.63) is 59.2 Å². The standard InChI is InChI=1S/C21H24N2O4S/c24-21(23-18-10-9-15-4-1-5-16(15)12-18)17-6-2-8-20(13-17)28(25,26)22-14-19-7-3-11-27-19/h2,6,8-10,12-13,19,22H,1,3-5,7,11,14H2,(H,23,24)/t19-/m1/s1. The summed E-state index contributed by atoms with van der Waals surface area (Å²) in [5, 5.41) is 2.87. The first-order valence-corrected chi connectivity index (χ1v) is 11.1. The average molecular weight is 401 g/mol. The summed E-state index contributed by atoms with van der Waals surface area (Å²) in [5.74, 6) is -0.325. The van der Waals surface area contributed by atoms with Crippen LogP contribution in [0.1, 0.15) is 40.7 Å². The van der Waals surface area contributed by atoms with Crippen LogP contribution in [0.5, 0.6) is 0 Å². The first kappa shape index (κ1) is 19.1. The van der Waals surface area contributed by atoms with E-state index < -0.39 is 10.0 Å². The fourth-order valence-corrected chi connectivity index (χ4v) is 4.86. The van der Waals surface area contributed by atoms with Crippen molar-refractivity contribution < 1.29 is 17.9 Å². The summed E-state index contributed by atoms with van der Waals surface area (Å²) in [6.07, 6.45) is 4.98. The molecule has 0 bridgehead atoms. The quantitative estimate of drug-likeness (QED) is 0.781. The number of fused-ring (bicyclic) bond motifs is 1. The highest BCUT2D eigenvalue weighted by molar-refractivity contribution is 7.89. The zero-order valence-corrected chi connectivity index (χ0v) is 16.4. The largest absolute Gasteiger partial charge is 0.377 e. The molecule has 2 aromatic rings. The summed E-state index contributed by atoms with van der Waals surface area (Å²) in [4.78, 5) is 12.7. The molecule has 6 nitrogen and oxygen atoms in total. The number of hydrogen-bond donors (Lipinski definition) is 2. The third-order valence-electron chi connectivity index (χ3n) is 5.29. The Bertz CT molecular complexity index is 982. The molecule has 4 rings (SSSR count). The number of anilines is 1. The van der Waals surface area contributed by atoms with Crippen LogP contribution in [0.4, 0.5) is 5.69 Å². The number of rotatable bonds is 6. The molecule has 2 aromatic carbocycles. The smallest absolute Gasteiger partial charge is 0.255 e. The third kappa shape index (κ3) is 4.27. The van der Waals surface area contributed by atoms with E-state index in [1.54, 1.807) is 12.1 Å². The van der Waals surface area contributed by atoms with Crippen molar-refractivity contribution in [3.63, 3.8) is 0 Å². The lowest BCUT2D eigenvalue weighted by Crippen LogP contribution is -2.32. The highest BCUT2D eigenvalue weighted by Gasteiger charge is 2.21. The average Bonchev–Trinajstić information content (AvgIpc) is 3.38. The number of carbonyl (C=O) groups excluding carboxylic acids is 1. The second-order valence-corrected chi connectivity index (χ2v) is 9.07.